The standard InChI is InChI=1S/C21H18N2O3/c24-20(19-12-11-17(13-22-19)21(25)26)23-14-18(15-7-3-1-4-8-15)16-9-5-2-6-10-16/h1-13,18H,14H2,(H,23,24)(H,25,26). The average molecular weight is 346 g/mol. The molecule has 130 valence electrons. The molecule has 1 heterocycles. The highest BCUT2D eigenvalue weighted by Crippen LogP contribution is 2.23. The molecule has 1 aromatic heterocycles. The third-order valence-corrected chi connectivity index (χ3v) is 4.11. The van der Waals surface area contributed by atoms with Crippen LogP contribution in [0.3, 0.4) is 0 Å². The Bertz CT molecular complexity index is 839. The minimum absolute atomic E-state index is 0.0136. The summed E-state index contributed by atoms with van der Waals surface area (Å²) in [5.41, 5.74) is 2.45. The van der Waals surface area contributed by atoms with E-state index in [2.05, 4.69) is 10.3 Å². The molecule has 2 aromatic carbocycles. The summed E-state index contributed by atoms with van der Waals surface area (Å²) < 4.78 is 0. The Balaban J connectivity index is 1.75. The van der Waals surface area contributed by atoms with E-state index in [1.165, 1.54) is 18.3 Å². The second-order valence-corrected chi connectivity index (χ2v) is 5.82. The lowest BCUT2D eigenvalue weighted by Gasteiger charge is -2.18. The first kappa shape index (κ1) is 17.4. The molecule has 0 aliphatic carbocycles. The van der Waals surface area contributed by atoms with Gasteiger partial charge in [0.1, 0.15) is 5.69 Å². The van der Waals surface area contributed by atoms with E-state index in [4.69, 9.17) is 5.11 Å². The van der Waals surface area contributed by atoms with Crippen LogP contribution in [-0.2, 0) is 0 Å². The van der Waals surface area contributed by atoms with Crippen molar-refractivity contribution < 1.29 is 14.7 Å². The first-order valence-electron chi connectivity index (χ1n) is 8.22. The summed E-state index contributed by atoms with van der Waals surface area (Å²) in [5.74, 6) is -1.39. The summed E-state index contributed by atoms with van der Waals surface area (Å²) in [5, 5.41) is 11.8. The highest BCUT2D eigenvalue weighted by Gasteiger charge is 2.16. The molecule has 1 amide bonds. The fraction of sp³-hybridized carbons (Fsp3) is 0.0952. The maximum Gasteiger partial charge on any atom is 0.337 e. The van der Waals surface area contributed by atoms with Crippen LogP contribution in [0.15, 0.2) is 79.0 Å². The molecule has 0 aliphatic rings. The fourth-order valence-electron chi connectivity index (χ4n) is 2.74. The molecular formula is C21H18N2O3. The second-order valence-electron chi connectivity index (χ2n) is 5.82. The minimum atomic E-state index is -1.07. The number of benzene rings is 2. The van der Waals surface area contributed by atoms with Crippen molar-refractivity contribution >= 4 is 11.9 Å². The lowest BCUT2D eigenvalue weighted by molar-refractivity contribution is 0.0695. The highest BCUT2D eigenvalue weighted by atomic mass is 16.4. The Morgan fingerprint density at radius 3 is 1.92 bits per heavy atom. The molecule has 0 spiro atoms. The highest BCUT2D eigenvalue weighted by molar-refractivity contribution is 5.93. The van der Waals surface area contributed by atoms with Crippen molar-refractivity contribution in [3.8, 4) is 0 Å². The number of pyridine rings is 1. The number of carbonyl (C=O) groups excluding carboxylic acids is 1. The Morgan fingerprint density at radius 2 is 1.46 bits per heavy atom. The van der Waals surface area contributed by atoms with Crippen LogP contribution >= 0.6 is 0 Å². The van der Waals surface area contributed by atoms with Crippen molar-refractivity contribution in [3.63, 3.8) is 0 Å². The number of carboxylic acid groups (broad SMARTS) is 1. The zero-order valence-corrected chi connectivity index (χ0v) is 14.0. The molecule has 0 fully saturated rings. The first-order chi connectivity index (χ1) is 12.6. The molecule has 5 nitrogen and oxygen atoms in total. The van der Waals surface area contributed by atoms with Crippen molar-refractivity contribution in [1.82, 2.24) is 10.3 Å². The Labute approximate surface area is 151 Å². The largest absolute Gasteiger partial charge is 0.478 e. The van der Waals surface area contributed by atoms with E-state index >= 15 is 0 Å². The van der Waals surface area contributed by atoms with Gasteiger partial charge in [-0.15, -0.1) is 0 Å². The topological polar surface area (TPSA) is 79.3 Å². The monoisotopic (exact) mass is 346 g/mol. The van der Waals surface area contributed by atoms with E-state index in [1.54, 1.807) is 0 Å². The number of nitrogens with one attached hydrogen (secondary N) is 1. The molecule has 0 unspecified atom stereocenters. The van der Waals surface area contributed by atoms with Crippen LogP contribution in [0.25, 0.3) is 0 Å². The average Bonchev–Trinajstić information content (AvgIpc) is 2.69. The molecule has 0 bridgehead atoms. The van der Waals surface area contributed by atoms with Gasteiger partial charge in [0.2, 0.25) is 0 Å². The Hall–Kier alpha value is -3.47. The Kier molecular flexibility index (Phi) is 5.39. The zero-order chi connectivity index (χ0) is 18.4. The van der Waals surface area contributed by atoms with Crippen molar-refractivity contribution in [2.24, 2.45) is 0 Å². The van der Waals surface area contributed by atoms with Crippen LogP contribution < -0.4 is 5.32 Å². The summed E-state index contributed by atoms with van der Waals surface area (Å²) in [6.45, 7) is 0.412. The number of carboxylic acids is 1. The maximum absolute atomic E-state index is 12.4. The quantitative estimate of drug-likeness (QED) is 0.717. The molecule has 3 rings (SSSR count). The number of aromatic nitrogens is 1. The third kappa shape index (κ3) is 4.13. The van der Waals surface area contributed by atoms with Crippen molar-refractivity contribution in [2.45, 2.75) is 5.92 Å². The molecule has 26 heavy (non-hydrogen) atoms. The van der Waals surface area contributed by atoms with Gasteiger partial charge in [0.15, 0.2) is 0 Å². The van der Waals surface area contributed by atoms with Gasteiger partial charge >= 0.3 is 5.97 Å². The van der Waals surface area contributed by atoms with Gasteiger partial charge < -0.3 is 10.4 Å². The number of rotatable bonds is 6. The number of carbonyl (C=O) groups is 2. The molecule has 0 atom stereocenters. The molecule has 2 N–H and O–H groups in total. The number of nitrogens with zero attached hydrogens (tertiary/aromatic N) is 1. The van der Waals surface area contributed by atoms with Crippen LogP contribution in [0, 0.1) is 0 Å². The van der Waals surface area contributed by atoms with Crippen LogP contribution in [0.1, 0.15) is 37.9 Å². The van der Waals surface area contributed by atoms with Gasteiger partial charge in [-0.2, -0.15) is 0 Å². The number of hydrogen-bond acceptors (Lipinski definition) is 3. The van der Waals surface area contributed by atoms with Crippen molar-refractivity contribution in [3.05, 3.63) is 101 Å². The van der Waals surface area contributed by atoms with Crippen LogP contribution in [0.5, 0.6) is 0 Å². The summed E-state index contributed by atoms with van der Waals surface area (Å²) >= 11 is 0. The van der Waals surface area contributed by atoms with Crippen LogP contribution in [0.2, 0.25) is 0 Å². The minimum Gasteiger partial charge on any atom is -0.478 e. The van der Waals surface area contributed by atoms with Gasteiger partial charge in [-0.25, -0.2) is 4.79 Å². The summed E-state index contributed by atoms with van der Waals surface area (Å²) in [6.07, 6.45) is 1.18. The smallest absolute Gasteiger partial charge is 0.337 e. The second kappa shape index (κ2) is 8.07. The van der Waals surface area contributed by atoms with Gasteiger partial charge in [0, 0.05) is 18.7 Å². The van der Waals surface area contributed by atoms with E-state index in [0.717, 1.165) is 11.1 Å². The van der Waals surface area contributed by atoms with Gasteiger partial charge in [0.05, 0.1) is 5.56 Å². The maximum atomic E-state index is 12.4. The zero-order valence-electron chi connectivity index (χ0n) is 14.0. The SMILES string of the molecule is O=C(O)c1ccc(C(=O)NCC(c2ccccc2)c2ccccc2)nc1. The fourth-order valence-corrected chi connectivity index (χ4v) is 2.74. The van der Waals surface area contributed by atoms with E-state index in [1.807, 2.05) is 60.7 Å². The van der Waals surface area contributed by atoms with E-state index < -0.39 is 5.97 Å². The van der Waals surface area contributed by atoms with Crippen molar-refractivity contribution in [2.75, 3.05) is 6.54 Å². The Morgan fingerprint density at radius 1 is 0.885 bits per heavy atom. The molecule has 0 saturated carbocycles. The summed E-state index contributed by atoms with van der Waals surface area (Å²) in [7, 11) is 0. The number of hydrogen-bond donors (Lipinski definition) is 2. The van der Waals surface area contributed by atoms with Crippen LogP contribution in [-0.4, -0.2) is 28.5 Å². The summed E-state index contributed by atoms with van der Waals surface area (Å²) in [6, 6.07) is 22.7. The lowest BCUT2D eigenvalue weighted by Crippen LogP contribution is -2.29. The molecule has 0 aliphatic heterocycles. The van der Waals surface area contributed by atoms with E-state index in [9.17, 15) is 9.59 Å². The molecule has 3 aromatic rings. The third-order valence-electron chi connectivity index (χ3n) is 4.11. The predicted octanol–water partition coefficient (Wildman–Crippen LogP) is 3.34. The lowest BCUT2D eigenvalue weighted by atomic mass is 9.91. The molecule has 0 radical (unpaired) electrons. The van der Waals surface area contributed by atoms with Gasteiger partial charge in [-0.3, -0.25) is 9.78 Å². The van der Waals surface area contributed by atoms with Crippen molar-refractivity contribution in [1.29, 1.82) is 0 Å². The van der Waals surface area contributed by atoms with Gasteiger partial charge in [-0.05, 0) is 23.3 Å². The first-order valence-corrected chi connectivity index (χ1v) is 8.22. The molecular weight excluding hydrogens is 328 g/mol. The van der Waals surface area contributed by atoms with Gasteiger partial charge in [0.25, 0.3) is 5.91 Å². The summed E-state index contributed by atoms with van der Waals surface area (Å²) in [4.78, 5) is 27.2. The van der Waals surface area contributed by atoms with Gasteiger partial charge in [-0.1, -0.05) is 60.7 Å². The normalized spacial score (nSPS) is 10.5. The van der Waals surface area contributed by atoms with Crippen LogP contribution in [0.4, 0.5) is 0 Å². The number of aromatic carboxylic acids is 1. The molecule has 0 saturated heterocycles. The molecule has 5 heteroatoms. The van der Waals surface area contributed by atoms with E-state index in [-0.39, 0.29) is 23.1 Å². The predicted molar refractivity (Wildman–Crippen MR) is 98.3 cm³/mol. The van der Waals surface area contributed by atoms with E-state index in [0.29, 0.717) is 6.54 Å². The number of amides is 1.